The van der Waals surface area contributed by atoms with Gasteiger partial charge in [-0.15, -0.1) is 0 Å². The van der Waals surface area contributed by atoms with Gasteiger partial charge in [-0.1, -0.05) is 30.3 Å². The molecule has 0 amide bonds. The van der Waals surface area contributed by atoms with E-state index in [1.165, 1.54) is 0 Å². The zero-order chi connectivity index (χ0) is 14.5. The number of hydrogen-bond acceptors (Lipinski definition) is 4. The van der Waals surface area contributed by atoms with Gasteiger partial charge in [0.25, 0.3) is 0 Å². The standard InChI is InChI=1S/C15H26N2O2/c1-14(18,12-17(3)4)10-16-11-15(2,19)13-8-6-5-7-9-13/h5-9,16,18-19H,10-12H2,1-4H3. The van der Waals surface area contributed by atoms with Crippen molar-refractivity contribution in [1.82, 2.24) is 10.2 Å². The van der Waals surface area contributed by atoms with Gasteiger partial charge in [0.05, 0.1) is 11.2 Å². The summed E-state index contributed by atoms with van der Waals surface area (Å²) in [6.45, 7) is 4.98. The van der Waals surface area contributed by atoms with Crippen molar-refractivity contribution >= 4 is 0 Å². The van der Waals surface area contributed by atoms with Crippen molar-refractivity contribution < 1.29 is 10.2 Å². The summed E-state index contributed by atoms with van der Waals surface area (Å²) >= 11 is 0. The summed E-state index contributed by atoms with van der Waals surface area (Å²) in [4.78, 5) is 1.94. The number of likely N-dealkylation sites (N-methyl/N-ethyl adjacent to an activating group) is 1. The van der Waals surface area contributed by atoms with Crippen LogP contribution in [0.25, 0.3) is 0 Å². The Kier molecular flexibility index (Phi) is 5.50. The number of aliphatic hydroxyl groups is 2. The van der Waals surface area contributed by atoms with Gasteiger partial charge in [0, 0.05) is 19.6 Å². The van der Waals surface area contributed by atoms with Crippen molar-refractivity contribution in [2.75, 3.05) is 33.7 Å². The van der Waals surface area contributed by atoms with Crippen molar-refractivity contribution in [3.8, 4) is 0 Å². The van der Waals surface area contributed by atoms with Crippen molar-refractivity contribution in [2.24, 2.45) is 0 Å². The van der Waals surface area contributed by atoms with E-state index < -0.39 is 11.2 Å². The quantitative estimate of drug-likeness (QED) is 0.683. The monoisotopic (exact) mass is 266 g/mol. The van der Waals surface area contributed by atoms with Crippen LogP contribution in [0.2, 0.25) is 0 Å². The Bertz CT molecular complexity index is 375. The normalized spacial score (nSPS) is 18.1. The van der Waals surface area contributed by atoms with Gasteiger partial charge >= 0.3 is 0 Å². The first-order valence-electron chi connectivity index (χ1n) is 6.59. The highest BCUT2D eigenvalue weighted by molar-refractivity contribution is 5.21. The topological polar surface area (TPSA) is 55.7 Å². The lowest BCUT2D eigenvalue weighted by Gasteiger charge is -2.30. The highest BCUT2D eigenvalue weighted by Crippen LogP contribution is 2.19. The molecule has 0 saturated heterocycles. The molecule has 3 N–H and O–H groups in total. The van der Waals surface area contributed by atoms with E-state index in [0.29, 0.717) is 19.6 Å². The van der Waals surface area contributed by atoms with Crippen molar-refractivity contribution in [3.05, 3.63) is 35.9 Å². The van der Waals surface area contributed by atoms with Crippen molar-refractivity contribution in [2.45, 2.75) is 25.0 Å². The smallest absolute Gasteiger partial charge is 0.0992 e. The van der Waals surface area contributed by atoms with Crippen LogP contribution in [0.4, 0.5) is 0 Å². The number of rotatable bonds is 7. The molecule has 0 bridgehead atoms. The van der Waals surface area contributed by atoms with Crippen LogP contribution in [-0.4, -0.2) is 54.4 Å². The van der Waals surface area contributed by atoms with Crippen LogP contribution in [0.5, 0.6) is 0 Å². The molecule has 1 aromatic rings. The van der Waals surface area contributed by atoms with Crippen molar-refractivity contribution in [3.63, 3.8) is 0 Å². The van der Waals surface area contributed by atoms with Crippen LogP contribution in [0.3, 0.4) is 0 Å². The van der Waals surface area contributed by atoms with E-state index in [1.807, 2.05) is 49.3 Å². The van der Waals surface area contributed by atoms with Crippen molar-refractivity contribution in [1.29, 1.82) is 0 Å². The molecule has 4 nitrogen and oxygen atoms in total. The minimum atomic E-state index is -0.935. The first kappa shape index (κ1) is 16.1. The summed E-state index contributed by atoms with van der Waals surface area (Å²) in [7, 11) is 3.85. The van der Waals surface area contributed by atoms with E-state index in [1.54, 1.807) is 13.8 Å². The fourth-order valence-corrected chi connectivity index (χ4v) is 2.21. The Balaban J connectivity index is 2.48. The van der Waals surface area contributed by atoms with Gasteiger partial charge in [0.2, 0.25) is 0 Å². The molecule has 0 radical (unpaired) electrons. The predicted octanol–water partition coefficient (Wildman–Crippen LogP) is 0.796. The SMILES string of the molecule is CN(C)CC(C)(O)CNCC(C)(O)c1ccccc1. The zero-order valence-corrected chi connectivity index (χ0v) is 12.3. The molecule has 1 rings (SSSR count). The number of nitrogens with zero attached hydrogens (tertiary/aromatic N) is 1. The van der Waals surface area contributed by atoms with Gasteiger partial charge in [0.15, 0.2) is 0 Å². The Morgan fingerprint density at radius 3 is 2.16 bits per heavy atom. The Labute approximate surface area is 116 Å². The van der Waals surface area contributed by atoms with Gasteiger partial charge in [-0.2, -0.15) is 0 Å². The molecular weight excluding hydrogens is 240 g/mol. The van der Waals surface area contributed by atoms with Gasteiger partial charge in [-0.3, -0.25) is 0 Å². The van der Waals surface area contributed by atoms with E-state index in [0.717, 1.165) is 5.56 Å². The van der Waals surface area contributed by atoms with E-state index in [4.69, 9.17) is 0 Å². The van der Waals surface area contributed by atoms with E-state index in [9.17, 15) is 10.2 Å². The molecule has 2 unspecified atom stereocenters. The molecule has 0 aliphatic carbocycles. The minimum absolute atomic E-state index is 0.403. The summed E-state index contributed by atoms with van der Waals surface area (Å²) in [5.41, 5.74) is -0.874. The minimum Gasteiger partial charge on any atom is -0.388 e. The second kappa shape index (κ2) is 6.48. The summed E-state index contributed by atoms with van der Waals surface area (Å²) in [5.74, 6) is 0. The zero-order valence-electron chi connectivity index (χ0n) is 12.3. The van der Waals surface area contributed by atoms with Gasteiger partial charge in [-0.25, -0.2) is 0 Å². The fraction of sp³-hybridized carbons (Fsp3) is 0.600. The molecule has 0 fully saturated rings. The van der Waals surface area contributed by atoms with E-state index >= 15 is 0 Å². The molecule has 1 aromatic carbocycles. The number of hydrogen-bond donors (Lipinski definition) is 3. The van der Waals surface area contributed by atoms with Gasteiger partial charge < -0.3 is 20.4 Å². The predicted molar refractivity (Wildman–Crippen MR) is 78.1 cm³/mol. The van der Waals surface area contributed by atoms with Crippen LogP contribution in [0.15, 0.2) is 30.3 Å². The molecule has 0 heterocycles. The molecule has 0 aromatic heterocycles. The van der Waals surface area contributed by atoms with Crippen LogP contribution in [-0.2, 0) is 5.60 Å². The van der Waals surface area contributed by atoms with Crippen LogP contribution in [0, 0.1) is 0 Å². The first-order chi connectivity index (χ1) is 8.73. The number of nitrogens with one attached hydrogen (secondary N) is 1. The lowest BCUT2D eigenvalue weighted by molar-refractivity contribution is 0.0180. The maximum absolute atomic E-state index is 10.4. The molecule has 0 spiro atoms. The maximum atomic E-state index is 10.4. The Morgan fingerprint density at radius 1 is 1.05 bits per heavy atom. The third kappa shape index (κ3) is 5.70. The third-order valence-corrected chi connectivity index (χ3v) is 3.03. The highest BCUT2D eigenvalue weighted by atomic mass is 16.3. The lowest BCUT2D eigenvalue weighted by atomic mass is 9.95. The Hall–Kier alpha value is -0.940. The van der Waals surface area contributed by atoms with E-state index in [-0.39, 0.29) is 0 Å². The van der Waals surface area contributed by atoms with Crippen LogP contribution < -0.4 is 5.32 Å². The average Bonchev–Trinajstić information content (AvgIpc) is 2.27. The summed E-state index contributed by atoms with van der Waals surface area (Å²) in [5, 5.41) is 23.7. The second-order valence-corrected chi connectivity index (χ2v) is 5.98. The molecule has 4 heteroatoms. The van der Waals surface area contributed by atoms with Gasteiger partial charge in [-0.05, 0) is 33.5 Å². The first-order valence-corrected chi connectivity index (χ1v) is 6.59. The van der Waals surface area contributed by atoms with Crippen LogP contribution >= 0.6 is 0 Å². The highest BCUT2D eigenvalue weighted by Gasteiger charge is 2.25. The molecule has 0 aliphatic rings. The number of benzene rings is 1. The van der Waals surface area contributed by atoms with Gasteiger partial charge in [0.1, 0.15) is 0 Å². The maximum Gasteiger partial charge on any atom is 0.0992 e. The summed E-state index contributed by atoms with van der Waals surface area (Å²) in [6.07, 6.45) is 0. The fourth-order valence-electron chi connectivity index (χ4n) is 2.21. The second-order valence-electron chi connectivity index (χ2n) is 5.98. The average molecular weight is 266 g/mol. The summed E-state index contributed by atoms with van der Waals surface area (Å²) < 4.78 is 0. The van der Waals surface area contributed by atoms with E-state index in [2.05, 4.69) is 5.32 Å². The molecule has 19 heavy (non-hydrogen) atoms. The van der Waals surface area contributed by atoms with Crippen LogP contribution in [0.1, 0.15) is 19.4 Å². The molecule has 0 aliphatic heterocycles. The largest absolute Gasteiger partial charge is 0.388 e. The molecule has 108 valence electrons. The summed E-state index contributed by atoms with van der Waals surface area (Å²) in [6, 6.07) is 9.55. The third-order valence-electron chi connectivity index (χ3n) is 3.03. The molecule has 2 atom stereocenters. The molecular formula is C15H26N2O2. The molecule has 0 saturated carbocycles. The Morgan fingerprint density at radius 2 is 1.63 bits per heavy atom. The lowest BCUT2D eigenvalue weighted by Crippen LogP contribution is -2.48.